The van der Waals surface area contributed by atoms with E-state index in [0.29, 0.717) is 5.54 Å². The first kappa shape index (κ1) is 7.42. The predicted octanol–water partition coefficient (Wildman–Crippen LogP) is 1.45. The summed E-state index contributed by atoms with van der Waals surface area (Å²) in [5.74, 6) is 0. The Balaban J connectivity index is 2.58. The molecule has 0 saturated carbocycles. The zero-order valence-corrected chi connectivity index (χ0v) is 7.26. The lowest BCUT2D eigenvalue weighted by atomic mass is 9.98. The summed E-state index contributed by atoms with van der Waals surface area (Å²) in [6, 6.07) is 0. The second kappa shape index (κ2) is 1.89. The summed E-state index contributed by atoms with van der Waals surface area (Å²) in [5, 5.41) is 3.41. The Morgan fingerprint density at radius 2 is 1.89 bits per heavy atom. The number of hydrogen-bond donors (Lipinski definition) is 2. The van der Waals surface area contributed by atoms with E-state index in [-0.39, 0.29) is 4.75 Å². The molecule has 0 aromatic heterocycles. The molecule has 2 heteroatoms. The molecule has 9 heavy (non-hydrogen) atoms. The first-order chi connectivity index (χ1) is 3.91. The van der Waals surface area contributed by atoms with E-state index in [2.05, 4.69) is 38.7 Å². The van der Waals surface area contributed by atoms with Crippen LogP contribution in [-0.2, 0) is 0 Å². The van der Waals surface area contributed by atoms with Crippen molar-refractivity contribution in [2.75, 3.05) is 6.54 Å². The van der Waals surface area contributed by atoms with E-state index in [4.69, 9.17) is 0 Å². The Labute approximate surface area is 62.6 Å². The average Bonchev–Trinajstić information content (AvgIpc) is 1.78. The van der Waals surface area contributed by atoms with Crippen LogP contribution in [0.3, 0.4) is 0 Å². The highest BCUT2D eigenvalue weighted by atomic mass is 32.1. The number of rotatable bonds is 0. The molecule has 0 aliphatic carbocycles. The smallest absolute Gasteiger partial charge is 0.0243 e. The van der Waals surface area contributed by atoms with E-state index in [9.17, 15) is 0 Å². The molecule has 0 spiro atoms. The highest BCUT2D eigenvalue weighted by Gasteiger charge is 2.36. The van der Waals surface area contributed by atoms with Gasteiger partial charge >= 0.3 is 0 Å². The molecule has 1 aliphatic heterocycles. The minimum atomic E-state index is 0.212. The highest BCUT2D eigenvalue weighted by molar-refractivity contribution is 7.81. The summed E-state index contributed by atoms with van der Waals surface area (Å²) in [6.45, 7) is 7.64. The van der Waals surface area contributed by atoms with Crippen molar-refractivity contribution < 1.29 is 0 Å². The van der Waals surface area contributed by atoms with Gasteiger partial charge in [-0.05, 0) is 27.2 Å². The normalized spacial score (nSPS) is 41.3. The summed E-state index contributed by atoms with van der Waals surface area (Å²) < 4.78 is 0.212. The summed E-state index contributed by atoms with van der Waals surface area (Å²) in [6.07, 6.45) is 1.16. The van der Waals surface area contributed by atoms with Crippen LogP contribution in [0.15, 0.2) is 0 Å². The van der Waals surface area contributed by atoms with Gasteiger partial charge in [-0.2, -0.15) is 12.6 Å². The fourth-order valence-corrected chi connectivity index (χ4v) is 1.98. The fraction of sp³-hybridized carbons (Fsp3) is 1.00. The monoisotopic (exact) mass is 145 g/mol. The molecule has 1 fully saturated rings. The van der Waals surface area contributed by atoms with Crippen molar-refractivity contribution in [3.63, 3.8) is 0 Å². The van der Waals surface area contributed by atoms with E-state index in [1.54, 1.807) is 0 Å². The predicted molar refractivity (Wildman–Crippen MR) is 44.1 cm³/mol. The van der Waals surface area contributed by atoms with Crippen molar-refractivity contribution in [1.29, 1.82) is 0 Å². The molecule has 1 rings (SSSR count). The third-order valence-corrected chi connectivity index (χ3v) is 2.09. The molecular weight excluding hydrogens is 130 g/mol. The minimum absolute atomic E-state index is 0.212. The lowest BCUT2D eigenvalue weighted by Crippen LogP contribution is -2.31. The summed E-state index contributed by atoms with van der Waals surface area (Å²) in [4.78, 5) is 0. The Morgan fingerprint density at radius 3 is 2.00 bits per heavy atom. The molecule has 0 unspecified atom stereocenters. The topological polar surface area (TPSA) is 12.0 Å². The van der Waals surface area contributed by atoms with E-state index in [0.717, 1.165) is 13.0 Å². The zero-order valence-electron chi connectivity index (χ0n) is 6.36. The van der Waals surface area contributed by atoms with E-state index in [1.807, 2.05) is 0 Å². The van der Waals surface area contributed by atoms with Gasteiger partial charge in [-0.25, -0.2) is 0 Å². The molecule has 1 nitrogen and oxygen atoms in total. The Bertz CT molecular complexity index is 104. The third kappa shape index (κ3) is 1.87. The second-order valence-corrected chi connectivity index (χ2v) is 4.99. The van der Waals surface area contributed by atoms with E-state index < -0.39 is 0 Å². The molecule has 1 saturated heterocycles. The molecule has 0 amide bonds. The lowest BCUT2D eigenvalue weighted by molar-refractivity contribution is 0.454. The van der Waals surface area contributed by atoms with Gasteiger partial charge in [-0.3, -0.25) is 0 Å². The molecule has 0 aromatic carbocycles. The van der Waals surface area contributed by atoms with Crippen LogP contribution in [0.25, 0.3) is 0 Å². The van der Waals surface area contributed by atoms with Crippen LogP contribution in [0.2, 0.25) is 0 Å². The van der Waals surface area contributed by atoms with E-state index >= 15 is 0 Å². The van der Waals surface area contributed by atoms with Crippen molar-refractivity contribution in [2.24, 2.45) is 0 Å². The molecule has 54 valence electrons. The van der Waals surface area contributed by atoms with Gasteiger partial charge in [-0.1, -0.05) is 0 Å². The van der Waals surface area contributed by atoms with Gasteiger partial charge in [0.25, 0.3) is 0 Å². The minimum Gasteiger partial charge on any atom is -0.310 e. The van der Waals surface area contributed by atoms with Crippen LogP contribution in [0.4, 0.5) is 0 Å². The van der Waals surface area contributed by atoms with Crippen molar-refractivity contribution in [1.82, 2.24) is 5.32 Å². The summed E-state index contributed by atoms with van der Waals surface area (Å²) in [5.41, 5.74) is 0.302. The largest absolute Gasteiger partial charge is 0.310 e. The molecule has 0 radical (unpaired) electrons. The van der Waals surface area contributed by atoms with Gasteiger partial charge in [-0.15, -0.1) is 0 Å². The molecule has 1 heterocycles. The zero-order chi connectivity index (χ0) is 7.12. The van der Waals surface area contributed by atoms with Crippen LogP contribution in [0.1, 0.15) is 27.2 Å². The Hall–Kier alpha value is 0.310. The van der Waals surface area contributed by atoms with Gasteiger partial charge < -0.3 is 5.32 Å². The van der Waals surface area contributed by atoms with Gasteiger partial charge in [0.15, 0.2) is 0 Å². The number of hydrogen-bond acceptors (Lipinski definition) is 2. The quantitative estimate of drug-likeness (QED) is 0.492. The van der Waals surface area contributed by atoms with Crippen molar-refractivity contribution in [3.05, 3.63) is 0 Å². The van der Waals surface area contributed by atoms with Crippen molar-refractivity contribution >= 4 is 12.6 Å². The Kier molecular flexibility index (Phi) is 1.56. The molecule has 0 aromatic rings. The van der Waals surface area contributed by atoms with Crippen LogP contribution in [0.5, 0.6) is 0 Å². The summed E-state index contributed by atoms with van der Waals surface area (Å²) >= 11 is 4.50. The van der Waals surface area contributed by atoms with Crippen LogP contribution < -0.4 is 5.32 Å². The van der Waals surface area contributed by atoms with Crippen LogP contribution in [-0.4, -0.2) is 16.8 Å². The first-order valence-electron chi connectivity index (χ1n) is 3.39. The SMILES string of the molecule is CC1(C)C[C@@](C)(S)CN1. The van der Waals surface area contributed by atoms with Crippen molar-refractivity contribution in [2.45, 2.75) is 37.5 Å². The first-order valence-corrected chi connectivity index (χ1v) is 3.84. The third-order valence-electron chi connectivity index (χ3n) is 1.77. The van der Waals surface area contributed by atoms with Gasteiger partial charge in [0.1, 0.15) is 0 Å². The molecule has 1 atom stereocenters. The number of thiol groups is 1. The van der Waals surface area contributed by atoms with Gasteiger partial charge in [0, 0.05) is 16.8 Å². The number of nitrogens with one attached hydrogen (secondary N) is 1. The maximum absolute atomic E-state index is 4.50. The lowest BCUT2D eigenvalue weighted by Gasteiger charge is -2.19. The molecular formula is C7H15NS. The highest BCUT2D eigenvalue weighted by Crippen LogP contribution is 2.31. The fourth-order valence-electron chi connectivity index (χ4n) is 1.51. The van der Waals surface area contributed by atoms with Crippen molar-refractivity contribution in [3.8, 4) is 0 Å². The van der Waals surface area contributed by atoms with Crippen LogP contribution in [0, 0.1) is 0 Å². The average molecular weight is 145 g/mol. The Morgan fingerprint density at radius 1 is 1.33 bits per heavy atom. The maximum Gasteiger partial charge on any atom is 0.0243 e. The molecule has 1 aliphatic rings. The second-order valence-electron chi connectivity index (χ2n) is 3.91. The van der Waals surface area contributed by atoms with Crippen LogP contribution >= 0.6 is 12.6 Å². The maximum atomic E-state index is 4.50. The van der Waals surface area contributed by atoms with Gasteiger partial charge in [0.2, 0.25) is 0 Å². The van der Waals surface area contributed by atoms with E-state index in [1.165, 1.54) is 0 Å². The standard InChI is InChI=1S/C7H15NS/c1-6(2)4-7(3,9)5-8-6/h8-9H,4-5H2,1-3H3/t7-/m1/s1. The molecule has 0 bridgehead atoms. The summed E-state index contributed by atoms with van der Waals surface area (Å²) in [7, 11) is 0. The molecule has 1 N–H and O–H groups in total. The van der Waals surface area contributed by atoms with Gasteiger partial charge in [0.05, 0.1) is 0 Å².